The van der Waals surface area contributed by atoms with Gasteiger partial charge in [0.25, 0.3) is 0 Å². The van der Waals surface area contributed by atoms with Crippen LogP contribution in [0.1, 0.15) is 12.6 Å². The molecule has 0 bridgehead atoms. The van der Waals surface area contributed by atoms with Gasteiger partial charge in [-0.3, -0.25) is 14.8 Å². The largest absolute Gasteiger partial charge is 0.489 e. The van der Waals surface area contributed by atoms with Gasteiger partial charge in [-0.2, -0.15) is 0 Å². The molecule has 0 fully saturated rings. The fraction of sp³-hybridized carbons (Fsp3) is 0.381. The van der Waals surface area contributed by atoms with Crippen LogP contribution in [0.25, 0.3) is 0 Å². The van der Waals surface area contributed by atoms with Crippen LogP contribution in [0.5, 0.6) is 5.75 Å². The monoisotopic (exact) mass is 401 g/mol. The molecule has 1 aromatic heterocycles. The number of nitrogens with zero attached hydrogens (tertiary/aromatic N) is 3. The first-order valence-corrected chi connectivity index (χ1v) is 9.48. The Morgan fingerprint density at radius 3 is 2.66 bits per heavy atom. The molecule has 8 heteroatoms. The van der Waals surface area contributed by atoms with Gasteiger partial charge in [-0.05, 0) is 43.3 Å². The summed E-state index contributed by atoms with van der Waals surface area (Å²) in [5, 5.41) is 6.11. The normalized spacial score (nSPS) is 12.2. The molecule has 2 rings (SSSR count). The van der Waals surface area contributed by atoms with Gasteiger partial charge in [0.15, 0.2) is 5.96 Å². The van der Waals surface area contributed by atoms with Gasteiger partial charge in [-0.15, -0.1) is 0 Å². The number of carbonyl (C=O) groups excluding carboxylic acids is 1. The minimum absolute atomic E-state index is 0.0421. The van der Waals surface area contributed by atoms with Crippen molar-refractivity contribution >= 4 is 11.9 Å². The van der Waals surface area contributed by atoms with Crippen molar-refractivity contribution in [2.75, 3.05) is 33.7 Å². The average molecular weight is 401 g/mol. The fourth-order valence-corrected chi connectivity index (χ4v) is 2.50. The van der Waals surface area contributed by atoms with Crippen molar-refractivity contribution in [3.63, 3.8) is 0 Å². The molecule has 2 N–H and O–H groups in total. The number of hydrogen-bond donors (Lipinski definition) is 2. The van der Waals surface area contributed by atoms with Crippen molar-refractivity contribution < 1.29 is 13.9 Å². The van der Waals surface area contributed by atoms with Gasteiger partial charge < -0.3 is 20.3 Å². The smallest absolute Gasteiger partial charge is 0.241 e. The second kappa shape index (κ2) is 11.6. The number of benzene rings is 1. The van der Waals surface area contributed by atoms with Gasteiger partial charge >= 0.3 is 0 Å². The molecule has 1 unspecified atom stereocenters. The number of likely N-dealkylation sites (N-methyl/N-ethyl adjacent to an activating group) is 1. The van der Waals surface area contributed by atoms with E-state index in [1.165, 1.54) is 12.1 Å². The zero-order valence-corrected chi connectivity index (χ0v) is 17.1. The van der Waals surface area contributed by atoms with E-state index >= 15 is 0 Å². The third-order valence-electron chi connectivity index (χ3n) is 4.19. The van der Waals surface area contributed by atoms with Crippen LogP contribution in [0.3, 0.4) is 0 Å². The number of aromatic nitrogens is 1. The number of halogens is 1. The van der Waals surface area contributed by atoms with Crippen molar-refractivity contribution in [2.45, 2.75) is 19.4 Å². The van der Waals surface area contributed by atoms with E-state index in [1.807, 2.05) is 25.1 Å². The van der Waals surface area contributed by atoms with Gasteiger partial charge in [0.2, 0.25) is 5.91 Å². The van der Waals surface area contributed by atoms with Gasteiger partial charge in [-0.25, -0.2) is 4.39 Å². The molecular weight excluding hydrogens is 373 g/mol. The third kappa shape index (κ3) is 8.16. The maximum Gasteiger partial charge on any atom is 0.241 e. The van der Waals surface area contributed by atoms with E-state index in [0.29, 0.717) is 31.2 Å². The number of nitrogens with one attached hydrogen (secondary N) is 2. The Bertz CT molecular complexity index is 783. The molecule has 0 aliphatic heterocycles. The second-order valence-corrected chi connectivity index (χ2v) is 6.58. The lowest BCUT2D eigenvalue weighted by Crippen LogP contribution is -2.46. The second-order valence-electron chi connectivity index (χ2n) is 6.58. The molecule has 7 nitrogen and oxygen atoms in total. The Morgan fingerprint density at radius 2 is 2.00 bits per heavy atom. The van der Waals surface area contributed by atoms with Crippen LogP contribution in [0.4, 0.5) is 4.39 Å². The van der Waals surface area contributed by atoms with E-state index in [2.05, 4.69) is 20.6 Å². The van der Waals surface area contributed by atoms with E-state index in [-0.39, 0.29) is 24.4 Å². The number of rotatable bonds is 9. The fourth-order valence-electron chi connectivity index (χ4n) is 2.50. The molecule has 0 saturated carbocycles. The molecular formula is C21H28FN5O2. The Balaban J connectivity index is 1.69. The number of amides is 1. The highest BCUT2D eigenvalue weighted by atomic mass is 19.1. The van der Waals surface area contributed by atoms with Crippen molar-refractivity contribution in [2.24, 2.45) is 4.99 Å². The predicted octanol–water partition coefficient (Wildman–Crippen LogP) is 1.85. The first-order valence-electron chi connectivity index (χ1n) is 9.48. The molecule has 1 atom stereocenters. The lowest BCUT2D eigenvalue weighted by Gasteiger charge is -2.20. The van der Waals surface area contributed by atoms with E-state index in [0.717, 1.165) is 5.69 Å². The highest BCUT2D eigenvalue weighted by molar-refractivity contribution is 5.86. The first kappa shape index (κ1) is 22.1. The summed E-state index contributed by atoms with van der Waals surface area (Å²) in [6.45, 7) is 3.08. The topological polar surface area (TPSA) is 78.9 Å². The molecule has 0 saturated heterocycles. The number of guanidine groups is 1. The third-order valence-corrected chi connectivity index (χ3v) is 4.19. The van der Waals surface area contributed by atoms with Crippen molar-refractivity contribution in [1.82, 2.24) is 20.5 Å². The summed E-state index contributed by atoms with van der Waals surface area (Å²) in [5.41, 5.74) is 0.952. The molecule has 1 amide bonds. The molecule has 2 aromatic rings. The number of hydrogen-bond acceptors (Lipinski definition) is 4. The van der Waals surface area contributed by atoms with Gasteiger partial charge in [0.05, 0.1) is 13.1 Å². The van der Waals surface area contributed by atoms with Crippen LogP contribution in [0.2, 0.25) is 0 Å². The summed E-state index contributed by atoms with van der Waals surface area (Å²) >= 11 is 0. The maximum absolute atomic E-state index is 12.9. The summed E-state index contributed by atoms with van der Waals surface area (Å²) in [7, 11) is 3.40. The van der Waals surface area contributed by atoms with Crippen LogP contribution >= 0.6 is 0 Å². The van der Waals surface area contributed by atoms with Gasteiger partial charge in [-0.1, -0.05) is 6.07 Å². The molecule has 0 radical (unpaired) electrons. The van der Waals surface area contributed by atoms with Crippen LogP contribution in [-0.2, 0) is 11.2 Å². The maximum atomic E-state index is 12.9. The van der Waals surface area contributed by atoms with Crippen molar-refractivity contribution in [3.8, 4) is 5.75 Å². The Kier molecular flexibility index (Phi) is 8.88. The zero-order chi connectivity index (χ0) is 21.1. The molecule has 156 valence electrons. The molecule has 0 aliphatic carbocycles. The molecule has 0 aliphatic rings. The Hall–Kier alpha value is -3.16. The summed E-state index contributed by atoms with van der Waals surface area (Å²) in [6, 6.07) is 11.6. The van der Waals surface area contributed by atoms with E-state index < -0.39 is 0 Å². The van der Waals surface area contributed by atoms with Crippen LogP contribution in [0, 0.1) is 5.82 Å². The Morgan fingerprint density at radius 1 is 1.24 bits per heavy atom. The van der Waals surface area contributed by atoms with Gasteiger partial charge in [0.1, 0.15) is 17.7 Å². The van der Waals surface area contributed by atoms with Crippen LogP contribution in [-0.4, -0.2) is 61.6 Å². The summed E-state index contributed by atoms with van der Waals surface area (Å²) in [5.74, 6) is 0.751. The summed E-state index contributed by atoms with van der Waals surface area (Å²) < 4.78 is 18.6. The Labute approximate surface area is 171 Å². The lowest BCUT2D eigenvalue weighted by molar-refractivity contribution is -0.128. The molecule has 0 spiro atoms. The molecule has 29 heavy (non-hydrogen) atoms. The lowest BCUT2D eigenvalue weighted by atomic mass is 10.2. The number of aliphatic imine (C=N–C) groups is 1. The average Bonchev–Trinajstić information content (AvgIpc) is 2.74. The highest BCUT2D eigenvalue weighted by Gasteiger charge is 2.11. The first-order chi connectivity index (χ1) is 14.0. The van der Waals surface area contributed by atoms with Gasteiger partial charge in [0, 0.05) is 39.0 Å². The van der Waals surface area contributed by atoms with Crippen LogP contribution in [0.15, 0.2) is 53.7 Å². The number of pyridine rings is 1. The molecule has 1 aromatic carbocycles. The van der Waals surface area contributed by atoms with Crippen molar-refractivity contribution in [3.05, 3.63) is 60.2 Å². The summed E-state index contributed by atoms with van der Waals surface area (Å²) in [6.07, 6.45) is 2.28. The quantitative estimate of drug-likeness (QED) is 0.495. The van der Waals surface area contributed by atoms with Crippen molar-refractivity contribution in [1.29, 1.82) is 0 Å². The predicted molar refractivity (Wildman–Crippen MR) is 111 cm³/mol. The number of carbonyl (C=O) groups is 1. The van der Waals surface area contributed by atoms with E-state index in [4.69, 9.17) is 4.74 Å². The zero-order valence-electron chi connectivity index (χ0n) is 17.1. The standard InChI is InChI=1S/C21H28FN5O2/c1-16(29-19-9-7-17(22)8-10-19)14-25-21(23-2)26-15-20(28)27(3)13-11-18-6-4-5-12-24-18/h4-10,12,16H,11,13-15H2,1-3H3,(H2,23,25,26). The number of ether oxygens (including phenoxy) is 1. The minimum atomic E-state index is -0.303. The molecule has 1 heterocycles. The van der Waals surface area contributed by atoms with E-state index in [1.54, 1.807) is 37.3 Å². The minimum Gasteiger partial charge on any atom is -0.489 e. The van der Waals surface area contributed by atoms with Crippen LogP contribution < -0.4 is 15.4 Å². The highest BCUT2D eigenvalue weighted by Crippen LogP contribution is 2.12. The SMILES string of the molecule is CN=C(NCC(=O)N(C)CCc1ccccn1)NCC(C)Oc1ccc(F)cc1. The van der Waals surface area contributed by atoms with E-state index in [9.17, 15) is 9.18 Å². The summed E-state index contributed by atoms with van der Waals surface area (Å²) in [4.78, 5) is 22.3.